The van der Waals surface area contributed by atoms with Gasteiger partial charge < -0.3 is 20.3 Å². The van der Waals surface area contributed by atoms with Gasteiger partial charge in [0.2, 0.25) is 5.91 Å². The summed E-state index contributed by atoms with van der Waals surface area (Å²) in [5.74, 6) is 0.0673. The molecule has 0 unspecified atom stereocenters. The Bertz CT molecular complexity index is 496. The van der Waals surface area contributed by atoms with Crippen LogP contribution in [0.3, 0.4) is 0 Å². The van der Waals surface area contributed by atoms with Crippen LogP contribution in [0.25, 0.3) is 0 Å². The topological polar surface area (TPSA) is 58.8 Å². The molecule has 0 radical (unpaired) electrons. The first-order chi connectivity index (χ1) is 9.97. The van der Waals surface area contributed by atoms with Crippen LogP contribution in [0.2, 0.25) is 0 Å². The van der Waals surface area contributed by atoms with Gasteiger partial charge in [0.05, 0.1) is 6.10 Å². The average molecular weight is 291 g/mol. The highest BCUT2D eigenvalue weighted by molar-refractivity contribution is 5.74. The lowest BCUT2D eigenvalue weighted by molar-refractivity contribution is -0.131. The summed E-state index contributed by atoms with van der Waals surface area (Å²) in [7, 11) is 3.99. The van der Waals surface area contributed by atoms with Gasteiger partial charge in [-0.15, -0.1) is 0 Å². The molecular weight excluding hydrogens is 266 g/mol. The Morgan fingerprint density at radius 1 is 1.43 bits per heavy atom. The van der Waals surface area contributed by atoms with E-state index in [1.165, 1.54) is 0 Å². The summed E-state index contributed by atoms with van der Waals surface area (Å²) in [6.45, 7) is 3.62. The minimum Gasteiger partial charge on any atom is -0.399 e. The van der Waals surface area contributed by atoms with Crippen LogP contribution in [0, 0.1) is 0 Å². The summed E-state index contributed by atoms with van der Waals surface area (Å²) >= 11 is 0. The van der Waals surface area contributed by atoms with Gasteiger partial charge in [-0.1, -0.05) is 0 Å². The molecular formula is C16H25N3O2. The summed E-state index contributed by atoms with van der Waals surface area (Å²) in [6, 6.07) is 5.83. The number of amides is 1. The molecule has 1 aromatic carbocycles. The van der Waals surface area contributed by atoms with Crippen molar-refractivity contribution in [1.82, 2.24) is 4.90 Å². The lowest BCUT2D eigenvalue weighted by Gasteiger charge is -2.27. The van der Waals surface area contributed by atoms with Crippen LogP contribution in [0.4, 0.5) is 11.4 Å². The van der Waals surface area contributed by atoms with Gasteiger partial charge in [0, 0.05) is 52.1 Å². The van der Waals surface area contributed by atoms with Crippen molar-refractivity contribution in [2.24, 2.45) is 0 Å². The predicted molar refractivity (Wildman–Crippen MR) is 85.2 cm³/mol. The smallest absolute Gasteiger partial charge is 0.219 e. The molecule has 1 saturated heterocycles. The Hall–Kier alpha value is -1.75. The fourth-order valence-corrected chi connectivity index (χ4v) is 2.71. The van der Waals surface area contributed by atoms with E-state index in [1.807, 2.05) is 42.1 Å². The van der Waals surface area contributed by atoms with Crippen molar-refractivity contribution in [1.29, 1.82) is 0 Å². The van der Waals surface area contributed by atoms with E-state index in [4.69, 9.17) is 10.5 Å². The number of anilines is 2. The zero-order valence-electron chi connectivity index (χ0n) is 13.1. The lowest BCUT2D eigenvalue weighted by Crippen LogP contribution is -2.35. The van der Waals surface area contributed by atoms with Gasteiger partial charge in [0.1, 0.15) is 0 Å². The Morgan fingerprint density at radius 3 is 2.76 bits per heavy atom. The minimum absolute atomic E-state index is 0.0673. The van der Waals surface area contributed by atoms with Gasteiger partial charge in [-0.2, -0.15) is 0 Å². The molecule has 2 rings (SSSR count). The van der Waals surface area contributed by atoms with Crippen LogP contribution in [-0.2, 0) is 16.1 Å². The fourth-order valence-electron chi connectivity index (χ4n) is 2.71. The van der Waals surface area contributed by atoms with Crippen molar-refractivity contribution in [2.45, 2.75) is 32.4 Å². The Kier molecular flexibility index (Phi) is 5.07. The van der Waals surface area contributed by atoms with Crippen LogP contribution in [0.5, 0.6) is 0 Å². The molecule has 0 spiro atoms. The Labute approximate surface area is 126 Å². The second-order valence-electron chi connectivity index (χ2n) is 5.82. The summed E-state index contributed by atoms with van der Waals surface area (Å²) in [5.41, 5.74) is 8.76. The maximum atomic E-state index is 11.9. The number of hydrogen-bond donors (Lipinski definition) is 1. The van der Waals surface area contributed by atoms with Gasteiger partial charge >= 0.3 is 0 Å². The van der Waals surface area contributed by atoms with E-state index in [1.54, 1.807) is 6.92 Å². The number of nitrogen functional groups attached to an aromatic ring is 1. The molecule has 2 N–H and O–H groups in total. The van der Waals surface area contributed by atoms with Crippen molar-refractivity contribution in [2.75, 3.05) is 37.9 Å². The van der Waals surface area contributed by atoms with Gasteiger partial charge in [-0.05, 0) is 36.6 Å². The highest BCUT2D eigenvalue weighted by Gasteiger charge is 2.21. The zero-order chi connectivity index (χ0) is 15.4. The van der Waals surface area contributed by atoms with E-state index in [2.05, 4.69) is 0 Å². The third-order valence-corrected chi connectivity index (χ3v) is 3.84. The second kappa shape index (κ2) is 6.80. The monoisotopic (exact) mass is 291 g/mol. The molecule has 1 heterocycles. The number of ether oxygens (including phenoxy) is 1. The summed E-state index contributed by atoms with van der Waals surface area (Å²) < 4.78 is 5.64. The first-order valence-corrected chi connectivity index (χ1v) is 7.40. The molecule has 1 fully saturated rings. The molecule has 0 aliphatic carbocycles. The van der Waals surface area contributed by atoms with Crippen LogP contribution in [-0.4, -0.2) is 44.2 Å². The molecule has 0 bridgehead atoms. The predicted octanol–water partition coefficient (Wildman–Crippen LogP) is 1.86. The first kappa shape index (κ1) is 15.6. The molecule has 5 nitrogen and oxygen atoms in total. The number of nitrogens with two attached hydrogens (primary N) is 1. The molecule has 1 aliphatic heterocycles. The fraction of sp³-hybridized carbons (Fsp3) is 0.562. The van der Waals surface area contributed by atoms with Gasteiger partial charge in [-0.3, -0.25) is 4.79 Å². The van der Waals surface area contributed by atoms with Gasteiger partial charge in [0.15, 0.2) is 0 Å². The van der Waals surface area contributed by atoms with E-state index in [0.717, 1.165) is 36.4 Å². The Morgan fingerprint density at radius 2 is 2.19 bits per heavy atom. The van der Waals surface area contributed by atoms with E-state index >= 15 is 0 Å². The van der Waals surface area contributed by atoms with Crippen LogP contribution in [0.1, 0.15) is 25.3 Å². The number of nitrogens with zero attached hydrogens (tertiary/aromatic N) is 2. The normalized spacial score (nSPS) is 17.8. The second-order valence-corrected chi connectivity index (χ2v) is 5.82. The number of hydrogen-bond acceptors (Lipinski definition) is 4. The summed E-state index contributed by atoms with van der Waals surface area (Å²) in [5, 5.41) is 0. The van der Waals surface area contributed by atoms with Gasteiger partial charge in [0.25, 0.3) is 0 Å². The maximum Gasteiger partial charge on any atom is 0.219 e. The van der Waals surface area contributed by atoms with Crippen molar-refractivity contribution in [3.63, 3.8) is 0 Å². The first-order valence-electron chi connectivity index (χ1n) is 7.40. The van der Waals surface area contributed by atoms with Crippen LogP contribution < -0.4 is 10.6 Å². The molecule has 116 valence electrons. The van der Waals surface area contributed by atoms with Gasteiger partial charge in [-0.25, -0.2) is 0 Å². The lowest BCUT2D eigenvalue weighted by atomic mass is 10.1. The average Bonchev–Trinajstić information content (AvgIpc) is 2.90. The largest absolute Gasteiger partial charge is 0.399 e. The summed E-state index contributed by atoms with van der Waals surface area (Å²) in [4.78, 5) is 15.8. The van der Waals surface area contributed by atoms with Crippen LogP contribution in [0.15, 0.2) is 18.2 Å². The van der Waals surface area contributed by atoms with Crippen molar-refractivity contribution in [3.05, 3.63) is 23.8 Å². The van der Waals surface area contributed by atoms with Crippen molar-refractivity contribution in [3.8, 4) is 0 Å². The Balaban J connectivity index is 2.15. The molecule has 1 atom stereocenters. The highest BCUT2D eigenvalue weighted by atomic mass is 16.5. The third-order valence-electron chi connectivity index (χ3n) is 3.84. The minimum atomic E-state index is 0.0673. The number of carbonyl (C=O) groups is 1. The van der Waals surface area contributed by atoms with E-state index in [0.29, 0.717) is 13.1 Å². The SMILES string of the molecule is CC(=O)N(Cc1cc(N)ccc1N(C)C)C[C@@H]1CCCO1. The molecule has 5 heteroatoms. The van der Waals surface area contributed by atoms with Crippen molar-refractivity contribution >= 4 is 17.3 Å². The van der Waals surface area contributed by atoms with Crippen LogP contribution >= 0.6 is 0 Å². The number of rotatable bonds is 5. The number of benzene rings is 1. The zero-order valence-corrected chi connectivity index (χ0v) is 13.1. The highest BCUT2D eigenvalue weighted by Crippen LogP contribution is 2.24. The van der Waals surface area contributed by atoms with E-state index in [9.17, 15) is 4.79 Å². The standard InChI is InChI=1S/C16H25N3O2/c1-12(20)19(11-15-5-4-8-21-15)10-13-9-14(17)6-7-16(13)18(2)3/h6-7,9,15H,4-5,8,10-11,17H2,1-3H3/t15-/m0/s1. The number of carbonyl (C=O) groups excluding carboxylic acids is 1. The maximum absolute atomic E-state index is 11.9. The molecule has 0 aromatic heterocycles. The third kappa shape index (κ3) is 4.11. The molecule has 1 amide bonds. The molecule has 1 aromatic rings. The van der Waals surface area contributed by atoms with E-state index < -0.39 is 0 Å². The quantitative estimate of drug-likeness (QED) is 0.841. The van der Waals surface area contributed by atoms with E-state index in [-0.39, 0.29) is 12.0 Å². The molecule has 1 aliphatic rings. The summed E-state index contributed by atoms with van der Waals surface area (Å²) in [6.07, 6.45) is 2.27. The molecule has 21 heavy (non-hydrogen) atoms. The van der Waals surface area contributed by atoms with Crippen molar-refractivity contribution < 1.29 is 9.53 Å². The molecule has 0 saturated carbocycles.